The second-order valence-electron chi connectivity index (χ2n) is 3.06. The molecule has 0 unspecified atom stereocenters. The van der Waals surface area contributed by atoms with Crippen molar-refractivity contribution < 1.29 is 0 Å². The van der Waals surface area contributed by atoms with Crippen LogP contribution in [0.15, 0.2) is 30.5 Å². The molecular weight excluding hydrogens is 160 g/mol. The lowest BCUT2D eigenvalue weighted by Gasteiger charge is -2.04. The van der Waals surface area contributed by atoms with E-state index < -0.39 is 0 Å². The van der Waals surface area contributed by atoms with Gasteiger partial charge in [-0.05, 0) is 6.42 Å². The van der Waals surface area contributed by atoms with E-state index in [0.29, 0.717) is 0 Å². The highest BCUT2D eigenvalue weighted by Gasteiger charge is 2.01. The van der Waals surface area contributed by atoms with E-state index in [9.17, 15) is 0 Å². The van der Waals surface area contributed by atoms with Crippen LogP contribution in [0.3, 0.4) is 0 Å². The number of rotatable bonds is 1. The summed E-state index contributed by atoms with van der Waals surface area (Å²) in [6, 6.07) is 8.11. The van der Waals surface area contributed by atoms with E-state index in [1.54, 1.807) is 6.20 Å². The zero-order valence-corrected chi connectivity index (χ0v) is 7.62. The van der Waals surface area contributed by atoms with Crippen molar-refractivity contribution in [2.75, 3.05) is 5.73 Å². The van der Waals surface area contributed by atoms with Crippen LogP contribution in [-0.2, 0) is 6.42 Å². The van der Waals surface area contributed by atoms with E-state index >= 15 is 0 Å². The van der Waals surface area contributed by atoms with Crippen LogP contribution in [0.25, 0.3) is 10.8 Å². The molecule has 0 fully saturated rings. The van der Waals surface area contributed by atoms with Crippen LogP contribution in [0.5, 0.6) is 0 Å². The summed E-state index contributed by atoms with van der Waals surface area (Å²) >= 11 is 0. The highest BCUT2D eigenvalue weighted by atomic mass is 14.7. The molecule has 1 aromatic carbocycles. The van der Waals surface area contributed by atoms with Gasteiger partial charge in [-0.2, -0.15) is 0 Å². The van der Waals surface area contributed by atoms with Crippen molar-refractivity contribution in [1.82, 2.24) is 4.98 Å². The van der Waals surface area contributed by atoms with Gasteiger partial charge in [0, 0.05) is 16.5 Å². The highest BCUT2D eigenvalue weighted by molar-refractivity contribution is 5.93. The summed E-state index contributed by atoms with van der Waals surface area (Å²) in [7, 11) is 0. The number of nitrogens with two attached hydrogens (primary N) is 1. The van der Waals surface area contributed by atoms with Gasteiger partial charge in [-0.1, -0.05) is 31.2 Å². The molecule has 0 aliphatic heterocycles. The summed E-state index contributed by atoms with van der Waals surface area (Å²) in [5, 5.41) is 2.28. The number of pyridine rings is 1. The molecule has 0 bridgehead atoms. The van der Waals surface area contributed by atoms with Gasteiger partial charge in [0.05, 0.1) is 11.9 Å². The third kappa shape index (κ3) is 1.24. The highest BCUT2D eigenvalue weighted by Crippen LogP contribution is 2.22. The van der Waals surface area contributed by atoms with Gasteiger partial charge >= 0.3 is 0 Å². The first-order chi connectivity index (χ1) is 6.33. The number of anilines is 1. The predicted octanol–water partition coefficient (Wildman–Crippen LogP) is 2.38. The topological polar surface area (TPSA) is 38.9 Å². The smallest absolute Gasteiger partial charge is 0.0580 e. The van der Waals surface area contributed by atoms with Crippen LogP contribution in [0.2, 0.25) is 0 Å². The minimum atomic E-state index is 0.757. The number of aromatic nitrogens is 1. The molecule has 1 aromatic heterocycles. The Morgan fingerprint density at radius 2 is 1.92 bits per heavy atom. The fourth-order valence-corrected chi connectivity index (χ4v) is 1.55. The monoisotopic (exact) mass is 172 g/mol. The Hall–Kier alpha value is -1.57. The van der Waals surface area contributed by atoms with Crippen LogP contribution in [0.1, 0.15) is 12.6 Å². The Balaban J connectivity index is 2.84. The summed E-state index contributed by atoms with van der Waals surface area (Å²) in [4.78, 5) is 4.30. The molecule has 0 atom stereocenters. The molecule has 2 nitrogen and oxygen atoms in total. The maximum atomic E-state index is 5.82. The molecule has 0 spiro atoms. The Morgan fingerprint density at radius 1 is 1.23 bits per heavy atom. The van der Waals surface area contributed by atoms with Gasteiger partial charge in [0.15, 0.2) is 0 Å². The molecule has 2 rings (SSSR count). The number of nitrogens with zero attached hydrogens (tertiary/aromatic N) is 1. The lowest BCUT2D eigenvalue weighted by Crippen LogP contribution is -1.94. The molecule has 13 heavy (non-hydrogen) atoms. The molecule has 2 N–H and O–H groups in total. The first-order valence-corrected chi connectivity index (χ1v) is 4.45. The molecule has 0 radical (unpaired) electrons. The summed E-state index contributed by atoms with van der Waals surface area (Å²) < 4.78 is 0. The molecule has 66 valence electrons. The maximum Gasteiger partial charge on any atom is 0.0580 e. The van der Waals surface area contributed by atoms with Crippen molar-refractivity contribution in [2.24, 2.45) is 0 Å². The SMILES string of the molecule is CCc1ncc(N)c2ccccc12. The van der Waals surface area contributed by atoms with Gasteiger partial charge in [-0.15, -0.1) is 0 Å². The minimum absolute atomic E-state index is 0.757. The van der Waals surface area contributed by atoms with Gasteiger partial charge < -0.3 is 5.73 Å². The molecular formula is C11H12N2. The number of hydrogen-bond acceptors (Lipinski definition) is 2. The minimum Gasteiger partial charge on any atom is -0.397 e. The number of benzene rings is 1. The largest absolute Gasteiger partial charge is 0.397 e. The first-order valence-electron chi connectivity index (χ1n) is 4.45. The fourth-order valence-electron chi connectivity index (χ4n) is 1.55. The van der Waals surface area contributed by atoms with Gasteiger partial charge in [0.25, 0.3) is 0 Å². The average molecular weight is 172 g/mol. The van der Waals surface area contributed by atoms with Crippen molar-refractivity contribution in [3.63, 3.8) is 0 Å². The third-order valence-corrected chi connectivity index (χ3v) is 2.24. The summed E-state index contributed by atoms with van der Waals surface area (Å²) in [5.41, 5.74) is 7.69. The van der Waals surface area contributed by atoms with E-state index in [1.807, 2.05) is 18.2 Å². The van der Waals surface area contributed by atoms with E-state index in [-0.39, 0.29) is 0 Å². The Morgan fingerprint density at radius 3 is 2.62 bits per heavy atom. The zero-order chi connectivity index (χ0) is 9.26. The lowest BCUT2D eigenvalue weighted by molar-refractivity contribution is 1.06. The fraction of sp³-hybridized carbons (Fsp3) is 0.182. The standard InChI is InChI=1S/C11H12N2/c1-2-11-9-6-4-3-5-8(9)10(12)7-13-11/h3-7H,2,12H2,1H3. The van der Waals surface area contributed by atoms with Gasteiger partial charge in [-0.3, -0.25) is 4.98 Å². The molecule has 0 aliphatic rings. The van der Waals surface area contributed by atoms with Crippen molar-refractivity contribution in [1.29, 1.82) is 0 Å². The van der Waals surface area contributed by atoms with Gasteiger partial charge in [-0.25, -0.2) is 0 Å². The molecule has 2 heteroatoms. The second-order valence-corrected chi connectivity index (χ2v) is 3.06. The normalized spacial score (nSPS) is 10.5. The Bertz CT molecular complexity index is 435. The van der Waals surface area contributed by atoms with E-state index in [0.717, 1.165) is 23.2 Å². The van der Waals surface area contributed by atoms with Crippen molar-refractivity contribution in [2.45, 2.75) is 13.3 Å². The molecule has 0 aliphatic carbocycles. The number of nitrogen functional groups attached to an aromatic ring is 1. The maximum absolute atomic E-state index is 5.82. The Labute approximate surface area is 77.4 Å². The van der Waals surface area contributed by atoms with Gasteiger partial charge in [0.2, 0.25) is 0 Å². The summed E-state index contributed by atoms with van der Waals surface area (Å²) in [6.07, 6.45) is 2.68. The molecule has 1 heterocycles. The van der Waals surface area contributed by atoms with E-state index in [1.165, 1.54) is 5.39 Å². The average Bonchev–Trinajstić information content (AvgIpc) is 2.19. The van der Waals surface area contributed by atoms with Crippen LogP contribution in [0, 0.1) is 0 Å². The Kier molecular flexibility index (Phi) is 1.89. The van der Waals surface area contributed by atoms with Crippen LogP contribution < -0.4 is 5.73 Å². The van der Waals surface area contributed by atoms with Crippen molar-refractivity contribution >= 4 is 16.5 Å². The first kappa shape index (κ1) is 8.05. The van der Waals surface area contributed by atoms with Crippen molar-refractivity contribution in [3.05, 3.63) is 36.2 Å². The second kappa shape index (κ2) is 3.05. The number of hydrogen-bond donors (Lipinski definition) is 1. The predicted molar refractivity (Wildman–Crippen MR) is 55.5 cm³/mol. The number of fused-ring (bicyclic) bond motifs is 1. The molecule has 0 amide bonds. The molecule has 0 saturated carbocycles. The van der Waals surface area contributed by atoms with Crippen LogP contribution in [0.4, 0.5) is 5.69 Å². The lowest BCUT2D eigenvalue weighted by atomic mass is 10.1. The summed E-state index contributed by atoms with van der Waals surface area (Å²) in [6.45, 7) is 2.10. The van der Waals surface area contributed by atoms with Crippen molar-refractivity contribution in [3.8, 4) is 0 Å². The quantitative estimate of drug-likeness (QED) is 0.717. The molecule has 2 aromatic rings. The molecule has 0 saturated heterocycles. The van der Waals surface area contributed by atoms with E-state index in [4.69, 9.17) is 5.73 Å². The van der Waals surface area contributed by atoms with E-state index in [2.05, 4.69) is 18.0 Å². The third-order valence-electron chi connectivity index (χ3n) is 2.24. The zero-order valence-electron chi connectivity index (χ0n) is 7.62. The van der Waals surface area contributed by atoms with Crippen LogP contribution >= 0.6 is 0 Å². The van der Waals surface area contributed by atoms with Gasteiger partial charge in [0.1, 0.15) is 0 Å². The number of aryl methyl sites for hydroxylation is 1. The van der Waals surface area contributed by atoms with Crippen LogP contribution in [-0.4, -0.2) is 4.98 Å². The summed E-state index contributed by atoms with van der Waals surface area (Å²) in [5.74, 6) is 0.